The number of nitrogens with zero attached hydrogens (tertiary/aromatic N) is 4. The zero-order valence-corrected chi connectivity index (χ0v) is 18.7. The number of aromatic nitrogens is 3. The molecule has 4 rings (SSSR count). The van der Waals surface area contributed by atoms with E-state index in [0.29, 0.717) is 10.8 Å². The van der Waals surface area contributed by atoms with Gasteiger partial charge in [-0.05, 0) is 43.7 Å². The van der Waals surface area contributed by atoms with E-state index < -0.39 is 24.3 Å². The summed E-state index contributed by atoms with van der Waals surface area (Å²) in [5.41, 5.74) is 1.38. The molecule has 4 aromatic rings. The van der Waals surface area contributed by atoms with Gasteiger partial charge in [-0.3, -0.25) is 15.1 Å². The van der Waals surface area contributed by atoms with Crippen molar-refractivity contribution in [3.63, 3.8) is 0 Å². The number of benzene rings is 2. The second-order valence-electron chi connectivity index (χ2n) is 6.99. The largest absolute Gasteiger partial charge is 0.338 e. The SMILES string of the molecule is CP(C)c1c(Nc2nc(Nc3ccc(F)c([N+](=O)[O-])c3)ncc2Cl)ccc2ncccc12. The topological polar surface area (TPSA) is 106 Å². The molecule has 0 saturated carbocycles. The van der Waals surface area contributed by atoms with Crippen LogP contribution in [-0.4, -0.2) is 33.2 Å². The van der Waals surface area contributed by atoms with E-state index in [-0.39, 0.29) is 11.6 Å². The first kappa shape index (κ1) is 21.8. The van der Waals surface area contributed by atoms with E-state index in [1.54, 1.807) is 6.20 Å². The summed E-state index contributed by atoms with van der Waals surface area (Å²) in [6.45, 7) is 4.30. The standard InChI is InChI=1S/C21H17ClFN6O2P/c1-32(2)19-13-4-3-9-24-16(13)7-8-17(19)27-20-14(22)11-25-21(28-20)26-12-5-6-15(23)18(10-12)29(30)31/h3-11H,1-2H3,(H2,25,26,27,28). The average Bonchev–Trinajstić information content (AvgIpc) is 2.76. The van der Waals surface area contributed by atoms with Gasteiger partial charge in [-0.1, -0.05) is 25.6 Å². The van der Waals surface area contributed by atoms with E-state index in [2.05, 4.69) is 38.9 Å². The molecule has 2 heterocycles. The van der Waals surface area contributed by atoms with Gasteiger partial charge >= 0.3 is 5.69 Å². The fourth-order valence-electron chi connectivity index (χ4n) is 3.22. The van der Waals surface area contributed by atoms with Crippen LogP contribution in [-0.2, 0) is 0 Å². The average molecular weight is 471 g/mol. The van der Waals surface area contributed by atoms with Crippen LogP contribution >= 0.6 is 19.5 Å². The Balaban J connectivity index is 1.68. The molecule has 0 aliphatic carbocycles. The van der Waals surface area contributed by atoms with Gasteiger partial charge in [0, 0.05) is 34.3 Å². The fourth-order valence-corrected chi connectivity index (χ4v) is 4.64. The van der Waals surface area contributed by atoms with Crippen LogP contribution < -0.4 is 15.9 Å². The molecule has 0 aliphatic heterocycles. The van der Waals surface area contributed by atoms with Crippen molar-refractivity contribution in [2.24, 2.45) is 0 Å². The Morgan fingerprint density at radius 3 is 2.69 bits per heavy atom. The van der Waals surface area contributed by atoms with Crippen LogP contribution in [0.1, 0.15) is 0 Å². The maximum Gasteiger partial charge on any atom is 0.306 e. The molecule has 0 radical (unpaired) electrons. The number of hydrogen-bond acceptors (Lipinski definition) is 7. The van der Waals surface area contributed by atoms with Crippen molar-refractivity contribution in [2.75, 3.05) is 24.0 Å². The molecule has 32 heavy (non-hydrogen) atoms. The van der Waals surface area contributed by atoms with Gasteiger partial charge < -0.3 is 10.6 Å². The Kier molecular flexibility index (Phi) is 6.12. The fraction of sp³-hybridized carbons (Fsp3) is 0.0952. The highest BCUT2D eigenvalue weighted by Crippen LogP contribution is 2.35. The summed E-state index contributed by atoms with van der Waals surface area (Å²) in [6, 6.07) is 11.2. The van der Waals surface area contributed by atoms with E-state index in [0.717, 1.165) is 34.0 Å². The predicted molar refractivity (Wildman–Crippen MR) is 127 cm³/mol. The molecular formula is C21H17ClFN6O2P. The first-order valence-corrected chi connectivity index (χ1v) is 12.0. The van der Waals surface area contributed by atoms with Crippen molar-refractivity contribution >= 4 is 64.6 Å². The molecule has 0 saturated heterocycles. The van der Waals surface area contributed by atoms with Gasteiger partial charge in [0.15, 0.2) is 5.82 Å². The van der Waals surface area contributed by atoms with E-state index in [1.807, 2.05) is 24.3 Å². The summed E-state index contributed by atoms with van der Waals surface area (Å²) in [5, 5.41) is 19.6. The molecule has 11 heteroatoms. The minimum Gasteiger partial charge on any atom is -0.338 e. The number of hydrogen-bond donors (Lipinski definition) is 2. The highest BCUT2D eigenvalue weighted by molar-refractivity contribution is 7.65. The molecule has 162 valence electrons. The zero-order valence-electron chi connectivity index (χ0n) is 17.0. The number of nitrogens with one attached hydrogen (secondary N) is 2. The van der Waals surface area contributed by atoms with Gasteiger partial charge in [0.05, 0.1) is 16.6 Å². The predicted octanol–water partition coefficient (Wildman–Crippen LogP) is 5.58. The Morgan fingerprint density at radius 1 is 1.12 bits per heavy atom. The maximum atomic E-state index is 13.6. The number of nitro groups is 1. The normalized spacial score (nSPS) is 11.0. The molecule has 2 aromatic heterocycles. The van der Waals surface area contributed by atoms with Gasteiger partial charge in [-0.2, -0.15) is 9.37 Å². The lowest BCUT2D eigenvalue weighted by atomic mass is 10.2. The number of nitro benzene ring substituents is 1. The third-order valence-corrected chi connectivity index (χ3v) is 6.25. The summed E-state index contributed by atoms with van der Waals surface area (Å²) in [6.07, 6.45) is 3.17. The molecule has 0 fully saturated rings. The first-order valence-electron chi connectivity index (χ1n) is 9.39. The number of rotatable bonds is 6. The molecule has 0 atom stereocenters. The first-order chi connectivity index (χ1) is 15.3. The molecule has 2 aromatic carbocycles. The Morgan fingerprint density at radius 2 is 1.94 bits per heavy atom. The molecule has 8 nitrogen and oxygen atoms in total. The minimum absolute atomic E-state index is 0.150. The van der Waals surface area contributed by atoms with Crippen LogP contribution in [0.25, 0.3) is 10.9 Å². The van der Waals surface area contributed by atoms with Crippen LogP contribution in [0.4, 0.5) is 33.2 Å². The van der Waals surface area contributed by atoms with Crippen LogP contribution in [0.15, 0.2) is 54.9 Å². The number of anilines is 4. The van der Waals surface area contributed by atoms with Gasteiger partial charge in [-0.25, -0.2) is 4.98 Å². The van der Waals surface area contributed by atoms with Crippen molar-refractivity contribution in [3.8, 4) is 0 Å². The van der Waals surface area contributed by atoms with Gasteiger partial charge in [0.1, 0.15) is 5.02 Å². The molecule has 0 aliphatic rings. The summed E-state index contributed by atoms with van der Waals surface area (Å²) < 4.78 is 13.6. The van der Waals surface area contributed by atoms with Crippen LogP contribution in [0, 0.1) is 15.9 Å². The highest BCUT2D eigenvalue weighted by atomic mass is 35.5. The van der Waals surface area contributed by atoms with Crippen molar-refractivity contribution in [1.29, 1.82) is 0 Å². The summed E-state index contributed by atoms with van der Waals surface area (Å²) in [5.74, 6) is -0.409. The maximum absolute atomic E-state index is 13.6. The summed E-state index contributed by atoms with van der Waals surface area (Å²) in [4.78, 5) is 23.1. The lowest BCUT2D eigenvalue weighted by molar-refractivity contribution is -0.387. The Bertz CT molecular complexity index is 1340. The lowest BCUT2D eigenvalue weighted by Crippen LogP contribution is -2.11. The summed E-state index contributed by atoms with van der Waals surface area (Å²) in [7, 11) is -0.487. The van der Waals surface area contributed by atoms with Crippen LogP contribution in [0.3, 0.4) is 0 Å². The second kappa shape index (κ2) is 8.98. The minimum atomic E-state index is -0.922. The monoisotopic (exact) mass is 470 g/mol. The molecule has 0 unspecified atom stereocenters. The van der Waals surface area contributed by atoms with E-state index in [4.69, 9.17) is 11.6 Å². The van der Waals surface area contributed by atoms with E-state index >= 15 is 0 Å². The summed E-state index contributed by atoms with van der Waals surface area (Å²) >= 11 is 6.33. The smallest absolute Gasteiger partial charge is 0.306 e. The van der Waals surface area contributed by atoms with E-state index in [9.17, 15) is 14.5 Å². The van der Waals surface area contributed by atoms with Gasteiger partial charge in [0.25, 0.3) is 0 Å². The van der Waals surface area contributed by atoms with Crippen molar-refractivity contribution in [1.82, 2.24) is 15.0 Å². The second-order valence-corrected chi connectivity index (χ2v) is 9.63. The molecule has 0 amide bonds. The van der Waals surface area contributed by atoms with E-state index in [1.165, 1.54) is 12.3 Å². The molecule has 0 bridgehead atoms. The molecule has 0 spiro atoms. The third kappa shape index (κ3) is 4.44. The van der Waals surface area contributed by atoms with Crippen LogP contribution in [0.5, 0.6) is 0 Å². The Hall–Kier alpha value is -3.42. The van der Waals surface area contributed by atoms with Gasteiger partial charge in [0.2, 0.25) is 11.8 Å². The quantitative estimate of drug-likeness (QED) is 0.215. The zero-order chi connectivity index (χ0) is 22.8. The van der Waals surface area contributed by atoms with Crippen LogP contribution in [0.2, 0.25) is 5.02 Å². The Labute approximate surface area is 188 Å². The molecular weight excluding hydrogens is 454 g/mol. The number of halogens is 2. The van der Waals surface area contributed by atoms with Crippen molar-refractivity contribution in [3.05, 3.63) is 75.8 Å². The van der Waals surface area contributed by atoms with Crippen molar-refractivity contribution < 1.29 is 9.31 Å². The lowest BCUT2D eigenvalue weighted by Gasteiger charge is -2.18. The third-order valence-electron chi connectivity index (χ3n) is 4.60. The highest BCUT2D eigenvalue weighted by Gasteiger charge is 2.16. The van der Waals surface area contributed by atoms with Crippen molar-refractivity contribution in [2.45, 2.75) is 0 Å². The van der Waals surface area contributed by atoms with Gasteiger partial charge in [-0.15, -0.1) is 0 Å². The number of pyridine rings is 1. The number of fused-ring (bicyclic) bond motifs is 1. The molecule has 2 N–H and O–H groups in total.